The predicted octanol–water partition coefficient (Wildman–Crippen LogP) is 11.2. The monoisotopic (exact) mass is 678 g/mol. The molecule has 0 aromatic heterocycles. The fourth-order valence-electron chi connectivity index (χ4n) is 9.49. The smallest absolute Gasteiger partial charge is 0.311 e. The number of hydrogen-bond donors (Lipinski definition) is 1. The van der Waals surface area contributed by atoms with Gasteiger partial charge >= 0.3 is 5.97 Å². The number of benzene rings is 1. The second kappa shape index (κ2) is 18.6. The van der Waals surface area contributed by atoms with Crippen LogP contribution in [0.2, 0.25) is 0 Å². The van der Waals surface area contributed by atoms with Gasteiger partial charge in [-0.05, 0) is 75.1 Å². The lowest BCUT2D eigenvalue weighted by molar-refractivity contribution is -0.149. The minimum absolute atomic E-state index is 0.0545. The van der Waals surface area contributed by atoms with Gasteiger partial charge in [0.05, 0.1) is 11.0 Å². The van der Waals surface area contributed by atoms with Gasteiger partial charge in [-0.25, -0.2) is 0 Å². The van der Waals surface area contributed by atoms with Gasteiger partial charge in [-0.15, -0.1) is 0 Å². The van der Waals surface area contributed by atoms with Crippen LogP contribution in [0.15, 0.2) is 24.3 Å². The van der Waals surface area contributed by atoms with Crippen molar-refractivity contribution in [3.8, 4) is 11.5 Å². The molecule has 2 fully saturated rings. The molecular weight excluding hydrogens is 606 g/mol. The van der Waals surface area contributed by atoms with Crippen LogP contribution in [-0.4, -0.2) is 46.8 Å². The fourth-order valence-corrected chi connectivity index (χ4v) is 9.49. The Morgan fingerprint density at radius 1 is 0.878 bits per heavy atom. The number of unbranched alkanes of at least 4 members (excludes halogenated alkanes) is 18. The topological polar surface area (TPSA) is 59.0 Å². The number of piperidine rings is 1. The summed E-state index contributed by atoms with van der Waals surface area (Å²) < 4.78 is 12.8. The maximum atomic E-state index is 13.1. The Kier molecular flexibility index (Phi) is 14.6. The molecule has 2 aliphatic carbocycles. The van der Waals surface area contributed by atoms with Crippen LogP contribution in [0.4, 0.5) is 0 Å². The highest BCUT2D eigenvalue weighted by Gasteiger charge is 2.68. The number of nitrogens with zero attached hydrogens (tertiary/aromatic N) is 1. The number of hydrogen-bond acceptors (Lipinski definition) is 5. The molecule has 4 atom stereocenters. The van der Waals surface area contributed by atoms with Gasteiger partial charge in [0, 0.05) is 24.6 Å². The molecule has 276 valence electrons. The number of rotatable bonds is 25. The van der Waals surface area contributed by atoms with Crippen molar-refractivity contribution in [3.63, 3.8) is 0 Å². The Hall–Kier alpha value is -1.85. The highest BCUT2D eigenvalue weighted by atomic mass is 16.6. The highest BCUT2D eigenvalue weighted by molar-refractivity contribution is 5.75. The number of carbonyl (C=O) groups is 1. The molecule has 1 saturated heterocycles. The fraction of sp³-hybridized carbons (Fsp3) is 0.795. The lowest BCUT2D eigenvalue weighted by Gasteiger charge is -2.60. The summed E-state index contributed by atoms with van der Waals surface area (Å²) >= 11 is 0. The summed E-state index contributed by atoms with van der Waals surface area (Å²) in [7, 11) is 0. The van der Waals surface area contributed by atoms with Crippen molar-refractivity contribution in [1.29, 1.82) is 0 Å². The van der Waals surface area contributed by atoms with Crippen LogP contribution in [-0.2, 0) is 16.6 Å². The molecule has 1 aromatic carbocycles. The quantitative estimate of drug-likeness (QED) is 0.0483. The second-order valence-corrected chi connectivity index (χ2v) is 16.6. The van der Waals surface area contributed by atoms with Crippen molar-refractivity contribution in [2.24, 2.45) is 5.92 Å². The zero-order valence-corrected chi connectivity index (χ0v) is 31.8. The first-order chi connectivity index (χ1) is 23.8. The second-order valence-electron chi connectivity index (χ2n) is 16.6. The van der Waals surface area contributed by atoms with Crippen LogP contribution in [0.25, 0.3) is 0 Å². The number of likely N-dealkylation sites (tertiary alicyclic amines) is 1. The summed E-state index contributed by atoms with van der Waals surface area (Å²) in [6.45, 7) is 12.9. The van der Waals surface area contributed by atoms with E-state index in [1.165, 1.54) is 128 Å². The van der Waals surface area contributed by atoms with Crippen LogP contribution in [0, 0.1) is 5.92 Å². The van der Waals surface area contributed by atoms with Crippen molar-refractivity contribution in [2.45, 2.75) is 204 Å². The lowest BCUT2D eigenvalue weighted by atomic mass is 9.52. The first-order valence-corrected chi connectivity index (χ1v) is 21.0. The highest BCUT2D eigenvalue weighted by Crippen LogP contribution is 2.63. The Bertz CT molecular complexity index is 1200. The van der Waals surface area contributed by atoms with E-state index < -0.39 is 11.0 Å². The van der Waals surface area contributed by atoms with Gasteiger partial charge in [0.25, 0.3) is 0 Å². The summed E-state index contributed by atoms with van der Waals surface area (Å²) in [4.78, 5) is 15.6. The predicted molar refractivity (Wildman–Crippen MR) is 203 cm³/mol. The average Bonchev–Trinajstić information content (AvgIpc) is 3.83. The molecule has 1 aromatic rings. The Labute approximate surface area is 300 Å². The first-order valence-electron chi connectivity index (χ1n) is 21.0. The van der Waals surface area contributed by atoms with E-state index >= 15 is 0 Å². The van der Waals surface area contributed by atoms with E-state index in [2.05, 4.69) is 31.4 Å². The minimum Gasteiger partial charge on any atom is -0.481 e. The third kappa shape index (κ3) is 9.34. The molecule has 0 radical (unpaired) electrons. The summed E-state index contributed by atoms with van der Waals surface area (Å²) in [6.07, 6.45) is 30.6. The van der Waals surface area contributed by atoms with Crippen molar-refractivity contribution < 1.29 is 19.4 Å². The molecule has 5 heteroatoms. The zero-order valence-electron chi connectivity index (χ0n) is 31.8. The molecule has 5 nitrogen and oxygen atoms in total. The Morgan fingerprint density at radius 2 is 1.43 bits per heavy atom. The summed E-state index contributed by atoms with van der Waals surface area (Å²) in [5.41, 5.74) is 1.79. The summed E-state index contributed by atoms with van der Waals surface area (Å²) in [5.74, 6) is 1.78. The molecule has 1 spiro atoms. The first kappa shape index (κ1) is 38.4. The van der Waals surface area contributed by atoms with E-state index in [4.69, 9.17) is 9.47 Å². The van der Waals surface area contributed by atoms with E-state index in [1.807, 2.05) is 13.0 Å². The SMILES string of the molecule is C=C(CC)[C@@H]1Oc2c(OC(=O)CCCCCCCCCCCCCCCCCCCCC)ccc3c2[C@@]12CCN(CC1CC1)C(C3)[C@@]2(C)O. The molecule has 0 amide bonds. The van der Waals surface area contributed by atoms with Gasteiger partial charge in [0.15, 0.2) is 11.5 Å². The van der Waals surface area contributed by atoms with Crippen LogP contribution in [0.3, 0.4) is 0 Å². The molecule has 5 rings (SSSR count). The van der Waals surface area contributed by atoms with Gasteiger partial charge in [-0.2, -0.15) is 0 Å². The molecule has 49 heavy (non-hydrogen) atoms. The standard InChI is InChI=1S/C44H71NO4/c1-5-7-8-9-10-11-12-13-14-15-16-17-18-19-20-21-22-23-24-25-39(46)48-37-29-28-36-32-38-43(4,47)44(30-31-45(38)33-35-26-27-35)40(36)41(37)49-42(44)34(3)6-2/h28-29,35,38,42,47H,3,5-27,30-33H2,1-2,4H3/t38?,42-,43+,44-/m0/s1. The average molecular weight is 678 g/mol. The van der Waals surface area contributed by atoms with Gasteiger partial charge in [0.2, 0.25) is 0 Å². The number of ether oxygens (including phenoxy) is 2. The van der Waals surface area contributed by atoms with Crippen molar-refractivity contribution in [2.75, 3.05) is 13.1 Å². The van der Waals surface area contributed by atoms with E-state index in [0.717, 1.165) is 62.2 Å². The molecule has 4 aliphatic rings. The van der Waals surface area contributed by atoms with Gasteiger partial charge in [0.1, 0.15) is 6.10 Å². The maximum Gasteiger partial charge on any atom is 0.311 e. The molecule has 1 unspecified atom stereocenters. The van der Waals surface area contributed by atoms with Crippen molar-refractivity contribution in [3.05, 3.63) is 35.4 Å². The minimum atomic E-state index is -0.962. The van der Waals surface area contributed by atoms with E-state index in [0.29, 0.717) is 17.9 Å². The normalized spacial score (nSPS) is 25.6. The third-order valence-electron chi connectivity index (χ3n) is 12.8. The molecule has 2 heterocycles. The number of aliphatic hydroxyl groups is 1. The molecular formula is C44H71NO4. The number of carbonyl (C=O) groups excluding carboxylic acids is 1. The van der Waals surface area contributed by atoms with Crippen LogP contribution < -0.4 is 9.47 Å². The maximum absolute atomic E-state index is 13.1. The summed E-state index contributed by atoms with van der Waals surface area (Å²) in [6, 6.07) is 4.13. The molecule has 1 saturated carbocycles. The molecule has 2 bridgehead atoms. The van der Waals surface area contributed by atoms with E-state index in [1.54, 1.807) is 0 Å². The van der Waals surface area contributed by atoms with Gasteiger partial charge < -0.3 is 14.6 Å². The number of esters is 1. The van der Waals surface area contributed by atoms with E-state index in [9.17, 15) is 9.90 Å². The van der Waals surface area contributed by atoms with E-state index in [-0.39, 0.29) is 18.1 Å². The lowest BCUT2D eigenvalue weighted by Crippen LogP contribution is -2.73. The Morgan fingerprint density at radius 3 is 1.96 bits per heavy atom. The van der Waals surface area contributed by atoms with Gasteiger partial charge in [-0.1, -0.05) is 142 Å². The number of fused-ring (bicyclic) bond motifs is 1. The largest absolute Gasteiger partial charge is 0.481 e. The third-order valence-corrected chi connectivity index (χ3v) is 12.8. The van der Waals surface area contributed by atoms with Crippen LogP contribution in [0.1, 0.15) is 186 Å². The van der Waals surface area contributed by atoms with Crippen LogP contribution in [0.5, 0.6) is 11.5 Å². The Balaban J connectivity index is 0.994. The van der Waals surface area contributed by atoms with Crippen LogP contribution >= 0.6 is 0 Å². The molecule has 2 aliphatic heterocycles. The van der Waals surface area contributed by atoms with Gasteiger partial charge in [-0.3, -0.25) is 9.69 Å². The van der Waals surface area contributed by atoms with Crippen molar-refractivity contribution in [1.82, 2.24) is 4.90 Å². The van der Waals surface area contributed by atoms with Crippen molar-refractivity contribution >= 4 is 5.97 Å². The summed E-state index contributed by atoms with van der Waals surface area (Å²) in [5, 5.41) is 12.4. The molecule has 1 N–H and O–H groups in total. The zero-order chi connectivity index (χ0) is 34.7.